The molecular weight excluding hydrogens is 430 g/mol. The van der Waals surface area contributed by atoms with Crippen LogP contribution in [0.2, 0.25) is 0 Å². The number of hydrogen-bond acceptors (Lipinski definition) is 5. The molecule has 0 N–H and O–H groups in total. The Morgan fingerprint density at radius 1 is 0.844 bits per heavy atom. The number of nitro groups is 1. The maximum Gasteiger partial charge on any atom is 0.270 e. The van der Waals surface area contributed by atoms with Crippen LogP contribution in [0.4, 0.5) is 5.69 Å². The maximum atomic E-state index is 13.2. The molecule has 164 valence electrons. The van der Waals surface area contributed by atoms with Gasteiger partial charge in [0.15, 0.2) is 0 Å². The first kappa shape index (κ1) is 21.7. The van der Waals surface area contributed by atoms with Crippen molar-refractivity contribution in [1.82, 2.24) is 9.21 Å². The predicted molar refractivity (Wildman–Crippen MR) is 120 cm³/mol. The van der Waals surface area contributed by atoms with E-state index >= 15 is 0 Å². The van der Waals surface area contributed by atoms with Crippen molar-refractivity contribution in [3.05, 3.63) is 94.5 Å². The standard InChI is InChI=1S/C23H21N3O5S/c27-23(22-12-5-4-11-21(22)18-7-2-1-3-8-18)24-13-15-25(16-14-24)32(30,31)20-10-6-9-19(17-20)26(28)29/h1-12,17H,13-16H2. The van der Waals surface area contributed by atoms with Crippen LogP contribution in [0.3, 0.4) is 0 Å². The summed E-state index contributed by atoms with van der Waals surface area (Å²) in [5.74, 6) is -0.156. The number of nitrogens with zero attached hydrogens (tertiary/aromatic N) is 3. The molecule has 0 atom stereocenters. The highest BCUT2D eigenvalue weighted by molar-refractivity contribution is 7.89. The van der Waals surface area contributed by atoms with Crippen molar-refractivity contribution in [3.8, 4) is 11.1 Å². The van der Waals surface area contributed by atoms with Crippen LogP contribution in [0.5, 0.6) is 0 Å². The van der Waals surface area contributed by atoms with Gasteiger partial charge in [0, 0.05) is 43.9 Å². The molecule has 1 amide bonds. The lowest BCUT2D eigenvalue weighted by atomic mass is 9.99. The highest BCUT2D eigenvalue weighted by Gasteiger charge is 2.31. The Hall–Kier alpha value is -3.56. The molecule has 4 rings (SSSR count). The van der Waals surface area contributed by atoms with Gasteiger partial charge < -0.3 is 4.90 Å². The Kier molecular flexibility index (Phi) is 6.02. The fourth-order valence-electron chi connectivity index (χ4n) is 3.75. The molecule has 8 nitrogen and oxygen atoms in total. The summed E-state index contributed by atoms with van der Waals surface area (Å²) in [6.07, 6.45) is 0. The number of amides is 1. The second-order valence-electron chi connectivity index (χ2n) is 7.36. The fraction of sp³-hybridized carbons (Fsp3) is 0.174. The topological polar surface area (TPSA) is 101 Å². The number of non-ortho nitro benzene ring substituents is 1. The Morgan fingerprint density at radius 3 is 2.19 bits per heavy atom. The van der Waals surface area contributed by atoms with Gasteiger partial charge in [0.1, 0.15) is 0 Å². The summed E-state index contributed by atoms with van der Waals surface area (Å²) in [5, 5.41) is 11.0. The van der Waals surface area contributed by atoms with Crippen LogP contribution in [0, 0.1) is 10.1 Å². The molecule has 0 bridgehead atoms. The van der Waals surface area contributed by atoms with Crippen LogP contribution < -0.4 is 0 Å². The number of nitro benzene ring substituents is 1. The Morgan fingerprint density at radius 2 is 1.50 bits per heavy atom. The van der Waals surface area contributed by atoms with Crippen molar-refractivity contribution in [3.63, 3.8) is 0 Å². The van der Waals surface area contributed by atoms with Gasteiger partial charge in [-0.15, -0.1) is 0 Å². The van der Waals surface area contributed by atoms with E-state index in [1.165, 1.54) is 22.5 Å². The monoisotopic (exact) mass is 451 g/mol. The van der Waals surface area contributed by atoms with E-state index in [0.29, 0.717) is 5.56 Å². The summed E-state index contributed by atoms with van der Waals surface area (Å²) in [5.41, 5.74) is 2.04. The lowest BCUT2D eigenvalue weighted by Crippen LogP contribution is -2.50. The van der Waals surface area contributed by atoms with E-state index in [1.807, 2.05) is 48.5 Å². The molecule has 1 saturated heterocycles. The van der Waals surface area contributed by atoms with Crippen molar-refractivity contribution < 1.29 is 18.1 Å². The molecule has 1 fully saturated rings. The first-order valence-electron chi connectivity index (χ1n) is 10.1. The zero-order valence-corrected chi connectivity index (χ0v) is 17.9. The SMILES string of the molecule is O=C(c1ccccc1-c1ccccc1)N1CCN(S(=O)(=O)c2cccc([N+](=O)[O-])c2)CC1. The van der Waals surface area contributed by atoms with E-state index in [1.54, 1.807) is 11.0 Å². The van der Waals surface area contributed by atoms with Gasteiger partial charge in [0.05, 0.1) is 9.82 Å². The molecular formula is C23H21N3O5S. The Labute approximate surface area is 185 Å². The number of carbonyl (C=O) groups is 1. The van der Waals surface area contributed by atoms with E-state index in [2.05, 4.69) is 0 Å². The second kappa shape index (κ2) is 8.89. The van der Waals surface area contributed by atoms with Gasteiger partial charge in [-0.1, -0.05) is 54.6 Å². The van der Waals surface area contributed by atoms with Gasteiger partial charge in [-0.3, -0.25) is 14.9 Å². The first-order chi connectivity index (χ1) is 15.4. The lowest BCUT2D eigenvalue weighted by Gasteiger charge is -2.34. The van der Waals surface area contributed by atoms with Crippen molar-refractivity contribution >= 4 is 21.6 Å². The molecule has 3 aromatic carbocycles. The molecule has 0 aliphatic carbocycles. The summed E-state index contributed by atoms with van der Waals surface area (Å²) in [6, 6.07) is 22.0. The van der Waals surface area contributed by atoms with E-state index < -0.39 is 14.9 Å². The van der Waals surface area contributed by atoms with Crippen LogP contribution >= 0.6 is 0 Å². The van der Waals surface area contributed by atoms with Gasteiger partial charge >= 0.3 is 0 Å². The number of piperazine rings is 1. The summed E-state index contributed by atoms with van der Waals surface area (Å²) >= 11 is 0. The van der Waals surface area contributed by atoms with Crippen LogP contribution in [-0.2, 0) is 10.0 Å². The van der Waals surface area contributed by atoms with Gasteiger partial charge in [0.25, 0.3) is 11.6 Å². The van der Waals surface area contributed by atoms with E-state index in [9.17, 15) is 23.3 Å². The predicted octanol–water partition coefficient (Wildman–Crippen LogP) is 3.41. The normalized spacial score (nSPS) is 14.8. The van der Waals surface area contributed by atoms with E-state index in [4.69, 9.17) is 0 Å². The van der Waals surface area contributed by atoms with Crippen molar-refractivity contribution in [2.75, 3.05) is 26.2 Å². The van der Waals surface area contributed by atoms with Crippen LogP contribution in [0.25, 0.3) is 11.1 Å². The van der Waals surface area contributed by atoms with Crippen molar-refractivity contribution in [2.24, 2.45) is 0 Å². The van der Waals surface area contributed by atoms with Crippen molar-refractivity contribution in [1.29, 1.82) is 0 Å². The molecule has 0 saturated carbocycles. The minimum Gasteiger partial charge on any atom is -0.336 e. The van der Waals surface area contributed by atoms with Crippen LogP contribution in [-0.4, -0.2) is 54.6 Å². The highest BCUT2D eigenvalue weighted by Crippen LogP contribution is 2.26. The maximum absolute atomic E-state index is 13.2. The molecule has 1 aliphatic rings. The third-order valence-corrected chi connectivity index (χ3v) is 7.33. The number of sulfonamides is 1. The van der Waals surface area contributed by atoms with Gasteiger partial charge in [-0.05, 0) is 23.3 Å². The Bertz CT molecular complexity index is 1250. The minimum atomic E-state index is -3.89. The van der Waals surface area contributed by atoms with E-state index in [-0.39, 0.29) is 42.7 Å². The van der Waals surface area contributed by atoms with Gasteiger partial charge in [-0.2, -0.15) is 4.31 Å². The molecule has 0 radical (unpaired) electrons. The third kappa shape index (κ3) is 4.25. The first-order valence-corrected chi connectivity index (χ1v) is 11.5. The average Bonchev–Trinajstić information content (AvgIpc) is 2.84. The number of carbonyl (C=O) groups excluding carboxylic acids is 1. The molecule has 1 aliphatic heterocycles. The number of benzene rings is 3. The highest BCUT2D eigenvalue weighted by atomic mass is 32.2. The van der Waals surface area contributed by atoms with Gasteiger partial charge in [0.2, 0.25) is 10.0 Å². The molecule has 3 aromatic rings. The molecule has 0 aromatic heterocycles. The zero-order chi connectivity index (χ0) is 22.7. The van der Waals surface area contributed by atoms with E-state index in [0.717, 1.165) is 17.2 Å². The zero-order valence-electron chi connectivity index (χ0n) is 17.1. The number of hydrogen-bond donors (Lipinski definition) is 0. The lowest BCUT2D eigenvalue weighted by molar-refractivity contribution is -0.385. The second-order valence-corrected chi connectivity index (χ2v) is 9.30. The smallest absolute Gasteiger partial charge is 0.270 e. The fourth-order valence-corrected chi connectivity index (χ4v) is 5.21. The molecule has 32 heavy (non-hydrogen) atoms. The largest absolute Gasteiger partial charge is 0.336 e. The molecule has 1 heterocycles. The number of rotatable bonds is 5. The quantitative estimate of drug-likeness (QED) is 0.437. The third-order valence-electron chi connectivity index (χ3n) is 5.43. The van der Waals surface area contributed by atoms with Crippen molar-refractivity contribution in [2.45, 2.75) is 4.90 Å². The summed E-state index contributed by atoms with van der Waals surface area (Å²) in [6.45, 7) is 0.695. The van der Waals surface area contributed by atoms with Crippen LogP contribution in [0.15, 0.2) is 83.8 Å². The Balaban J connectivity index is 1.51. The summed E-state index contributed by atoms with van der Waals surface area (Å²) < 4.78 is 27.2. The van der Waals surface area contributed by atoms with Gasteiger partial charge in [-0.25, -0.2) is 8.42 Å². The molecule has 0 spiro atoms. The molecule has 9 heteroatoms. The summed E-state index contributed by atoms with van der Waals surface area (Å²) in [4.78, 5) is 25.1. The van der Waals surface area contributed by atoms with Crippen LogP contribution in [0.1, 0.15) is 10.4 Å². The average molecular weight is 452 g/mol. The molecule has 0 unspecified atom stereocenters. The summed E-state index contributed by atoms with van der Waals surface area (Å²) in [7, 11) is -3.89. The minimum absolute atomic E-state index is 0.115.